The molecule has 2 heterocycles. The number of amidine groups is 1. The van der Waals surface area contributed by atoms with Crippen molar-refractivity contribution in [2.75, 3.05) is 30.9 Å². The Bertz CT molecular complexity index is 767. The first-order valence-corrected chi connectivity index (χ1v) is 9.18. The highest BCUT2D eigenvalue weighted by Gasteiger charge is 2.55. The molecule has 132 valence electrons. The first-order valence-electron chi connectivity index (χ1n) is 8.19. The largest absolute Gasteiger partial charge is 1.00 e. The monoisotopic (exact) mass is 420 g/mol. The molecule has 2 aromatic rings. The summed E-state index contributed by atoms with van der Waals surface area (Å²) in [7, 11) is 1.67. The zero-order valence-electron chi connectivity index (χ0n) is 14.1. The van der Waals surface area contributed by atoms with Crippen LogP contribution in [-0.4, -0.2) is 40.8 Å². The molecule has 1 atom stereocenters. The fraction of sp³-hybridized carbons (Fsp3) is 0.316. The molecule has 1 N–H and O–H groups in total. The molecule has 0 spiro atoms. The molecule has 0 aromatic heterocycles. The lowest BCUT2D eigenvalue weighted by atomic mass is 10.0. The summed E-state index contributed by atoms with van der Waals surface area (Å²) < 4.78 is 7.57. The number of rotatable bonds is 3. The molecule has 0 bridgehead atoms. The molecule has 25 heavy (non-hydrogen) atoms. The van der Waals surface area contributed by atoms with Crippen LogP contribution < -0.4 is 26.6 Å². The van der Waals surface area contributed by atoms with Gasteiger partial charge in [0, 0.05) is 11.3 Å². The van der Waals surface area contributed by atoms with Crippen molar-refractivity contribution in [1.29, 1.82) is 0 Å². The van der Waals surface area contributed by atoms with Crippen molar-refractivity contribution in [3.05, 3.63) is 60.2 Å². The van der Waals surface area contributed by atoms with Crippen molar-refractivity contribution < 1.29 is 31.4 Å². The molecule has 2 aliphatic rings. The lowest BCUT2D eigenvalue weighted by Crippen LogP contribution is -3.00. The summed E-state index contributed by atoms with van der Waals surface area (Å²) in [6.07, 6.45) is 1.15. The van der Waals surface area contributed by atoms with Gasteiger partial charge in [-0.05, 0) is 42.4 Å². The van der Waals surface area contributed by atoms with Gasteiger partial charge in [0.2, 0.25) is 0 Å². The maximum atomic E-state index is 11.7. The Morgan fingerprint density at radius 3 is 2.52 bits per heavy atom. The minimum absolute atomic E-state index is 0. The predicted octanol–water partition coefficient (Wildman–Crippen LogP) is -0.130. The Morgan fingerprint density at radius 2 is 1.84 bits per heavy atom. The predicted molar refractivity (Wildman–Crippen MR) is 97.9 cm³/mol. The lowest BCUT2D eigenvalue weighted by molar-refractivity contribution is -0.532. The van der Waals surface area contributed by atoms with Gasteiger partial charge in [-0.15, -0.1) is 0 Å². The van der Waals surface area contributed by atoms with Crippen LogP contribution in [0.5, 0.6) is 5.75 Å². The van der Waals surface area contributed by atoms with Crippen molar-refractivity contribution in [3.8, 4) is 5.75 Å². The summed E-state index contributed by atoms with van der Waals surface area (Å²) in [5.41, 5.74) is 0.847. The standard InChI is InChI=1S/C19H21N2O2S.BrH/c1-23-17-10-8-16(9-11-17)21-18-20(12-5-13-24-18)14-19(21,22)15-6-3-2-4-7-15;/h2-4,6-11,22H,5,12-14H2,1H3;1H/q+1;/p-1. The molecule has 4 nitrogen and oxygen atoms in total. The zero-order chi connectivity index (χ0) is 16.6. The minimum atomic E-state index is -1.05. The molecule has 2 aliphatic heterocycles. The van der Waals surface area contributed by atoms with Crippen LogP contribution in [0.15, 0.2) is 54.6 Å². The van der Waals surface area contributed by atoms with Gasteiger partial charge in [0.25, 0.3) is 5.72 Å². The van der Waals surface area contributed by atoms with E-state index in [1.807, 2.05) is 66.4 Å². The van der Waals surface area contributed by atoms with Crippen LogP contribution >= 0.6 is 11.8 Å². The normalized spacial score (nSPS) is 22.4. The van der Waals surface area contributed by atoms with E-state index in [-0.39, 0.29) is 17.0 Å². The van der Waals surface area contributed by atoms with Gasteiger partial charge in [0.05, 0.1) is 13.7 Å². The van der Waals surface area contributed by atoms with Gasteiger partial charge in [-0.1, -0.05) is 30.3 Å². The smallest absolute Gasteiger partial charge is 0.316 e. The maximum absolute atomic E-state index is 11.7. The summed E-state index contributed by atoms with van der Waals surface area (Å²) in [6, 6.07) is 17.9. The molecule has 6 heteroatoms. The van der Waals surface area contributed by atoms with Crippen LogP contribution in [0.1, 0.15) is 12.0 Å². The number of ether oxygens (including phenoxy) is 1. The van der Waals surface area contributed by atoms with Crippen molar-refractivity contribution in [1.82, 2.24) is 0 Å². The van der Waals surface area contributed by atoms with Crippen molar-refractivity contribution in [2.24, 2.45) is 0 Å². The summed E-state index contributed by atoms with van der Waals surface area (Å²) in [4.78, 5) is 2.08. The van der Waals surface area contributed by atoms with Crippen LogP contribution in [0.3, 0.4) is 0 Å². The molecule has 0 saturated carbocycles. The first-order chi connectivity index (χ1) is 11.7. The van der Waals surface area contributed by atoms with Gasteiger partial charge in [-0.25, -0.2) is 4.58 Å². The molecule has 2 aromatic carbocycles. The van der Waals surface area contributed by atoms with Gasteiger partial charge in [0.15, 0.2) is 6.54 Å². The Hall–Kier alpha value is -1.50. The average molecular weight is 421 g/mol. The van der Waals surface area contributed by atoms with Crippen LogP contribution in [-0.2, 0) is 5.72 Å². The van der Waals surface area contributed by atoms with E-state index < -0.39 is 5.72 Å². The second-order valence-electron chi connectivity index (χ2n) is 6.12. The van der Waals surface area contributed by atoms with Gasteiger partial charge in [-0.2, -0.15) is 4.90 Å². The van der Waals surface area contributed by atoms with Gasteiger partial charge in [-0.3, -0.25) is 0 Å². The molecule has 0 amide bonds. The quantitative estimate of drug-likeness (QED) is 0.701. The third-order valence-electron chi connectivity index (χ3n) is 4.61. The molecule has 4 rings (SSSR count). The SMILES string of the molecule is COc1ccc(N2C3=[N+](CCCS3)CC2(O)c2ccccc2)cc1.[Br-]. The van der Waals surface area contributed by atoms with Crippen LogP contribution in [0.4, 0.5) is 5.69 Å². The molecule has 0 saturated heterocycles. The van der Waals surface area contributed by atoms with E-state index in [0.29, 0.717) is 6.54 Å². The second kappa shape index (κ2) is 7.40. The molecular weight excluding hydrogens is 400 g/mol. The summed E-state index contributed by atoms with van der Waals surface area (Å²) >= 11 is 1.82. The van der Waals surface area contributed by atoms with Crippen molar-refractivity contribution in [3.63, 3.8) is 0 Å². The highest BCUT2D eigenvalue weighted by Crippen LogP contribution is 2.40. The van der Waals surface area contributed by atoms with E-state index in [0.717, 1.165) is 40.9 Å². The number of thioether (sulfide) groups is 1. The van der Waals surface area contributed by atoms with Gasteiger partial charge < -0.3 is 26.8 Å². The Balaban J connectivity index is 0.00000182. The highest BCUT2D eigenvalue weighted by atomic mass is 79.9. The number of hydrogen-bond acceptors (Lipinski definition) is 4. The van der Waals surface area contributed by atoms with E-state index in [9.17, 15) is 5.11 Å². The fourth-order valence-electron chi connectivity index (χ4n) is 3.43. The van der Waals surface area contributed by atoms with Crippen LogP contribution in [0.25, 0.3) is 0 Å². The number of halogens is 1. The number of anilines is 1. The number of benzene rings is 2. The van der Waals surface area contributed by atoms with E-state index in [4.69, 9.17) is 4.74 Å². The van der Waals surface area contributed by atoms with E-state index >= 15 is 0 Å². The minimum Gasteiger partial charge on any atom is -1.00 e. The number of hydrogen-bond donors (Lipinski definition) is 1. The van der Waals surface area contributed by atoms with Crippen molar-refractivity contribution >= 4 is 22.6 Å². The second-order valence-corrected chi connectivity index (χ2v) is 7.18. The highest BCUT2D eigenvalue weighted by molar-refractivity contribution is 8.14. The number of aliphatic hydroxyl groups is 1. The Kier molecular flexibility index (Phi) is 5.41. The van der Waals surface area contributed by atoms with Gasteiger partial charge >= 0.3 is 5.17 Å². The number of methoxy groups -OCH3 is 1. The third kappa shape index (κ3) is 3.18. The first kappa shape index (κ1) is 18.3. The van der Waals surface area contributed by atoms with Crippen LogP contribution in [0, 0.1) is 0 Å². The molecule has 0 radical (unpaired) electrons. The summed E-state index contributed by atoms with van der Waals surface area (Å²) in [5.74, 6) is 1.91. The maximum Gasteiger partial charge on any atom is 0.316 e. The summed E-state index contributed by atoms with van der Waals surface area (Å²) in [6.45, 7) is 1.58. The molecule has 1 unspecified atom stereocenters. The topological polar surface area (TPSA) is 35.7 Å². The van der Waals surface area contributed by atoms with E-state index in [1.54, 1.807) is 7.11 Å². The molecular formula is C19H21BrN2O2S. The van der Waals surface area contributed by atoms with Crippen molar-refractivity contribution in [2.45, 2.75) is 12.1 Å². The van der Waals surface area contributed by atoms with Gasteiger partial charge in [0.1, 0.15) is 11.4 Å². The Labute approximate surface area is 162 Å². The van der Waals surface area contributed by atoms with E-state index in [1.165, 1.54) is 0 Å². The van der Waals surface area contributed by atoms with E-state index in [2.05, 4.69) is 9.48 Å². The van der Waals surface area contributed by atoms with Crippen LogP contribution in [0.2, 0.25) is 0 Å². The average Bonchev–Trinajstić information content (AvgIpc) is 2.96. The molecule has 0 aliphatic carbocycles. The fourth-order valence-corrected chi connectivity index (χ4v) is 4.61. The third-order valence-corrected chi connectivity index (χ3v) is 5.81. The zero-order valence-corrected chi connectivity index (χ0v) is 16.5. The molecule has 0 fully saturated rings. The lowest BCUT2D eigenvalue weighted by Gasteiger charge is -2.28. The Morgan fingerprint density at radius 1 is 1.12 bits per heavy atom. The summed E-state index contributed by atoms with van der Waals surface area (Å²) in [5, 5.41) is 12.8. The number of nitrogens with zero attached hydrogens (tertiary/aromatic N) is 2.